The number of nitrogens with one attached hydrogen (secondary N) is 1. The molecule has 3 heterocycles. The molecule has 1 aliphatic rings. The summed E-state index contributed by atoms with van der Waals surface area (Å²) in [6.07, 6.45) is 6.37. The van der Waals surface area contributed by atoms with Crippen LogP contribution >= 0.6 is 0 Å². The van der Waals surface area contributed by atoms with Gasteiger partial charge in [0.25, 0.3) is 5.91 Å². The Labute approximate surface area is 184 Å². The SMILES string of the molecule is CC(C)N1CCc2c(c(C(=O)NCCCc3ccccc3)nn2Cc2ccncc2)C1. The van der Waals surface area contributed by atoms with E-state index in [0.717, 1.165) is 43.5 Å². The van der Waals surface area contributed by atoms with Crippen molar-refractivity contribution in [3.05, 3.63) is 82.9 Å². The fourth-order valence-corrected chi connectivity index (χ4v) is 4.15. The van der Waals surface area contributed by atoms with Gasteiger partial charge in [0, 0.05) is 55.7 Å². The zero-order valence-electron chi connectivity index (χ0n) is 18.4. The molecule has 0 saturated heterocycles. The summed E-state index contributed by atoms with van der Waals surface area (Å²) in [6, 6.07) is 14.8. The van der Waals surface area contributed by atoms with Crippen molar-refractivity contribution in [2.24, 2.45) is 0 Å². The molecule has 0 spiro atoms. The maximum Gasteiger partial charge on any atom is 0.272 e. The number of fused-ring (bicyclic) bond motifs is 1. The molecule has 1 aliphatic heterocycles. The Morgan fingerprint density at radius 1 is 1.10 bits per heavy atom. The summed E-state index contributed by atoms with van der Waals surface area (Å²) in [5, 5.41) is 7.87. The van der Waals surface area contributed by atoms with Crippen LogP contribution in [0.5, 0.6) is 0 Å². The van der Waals surface area contributed by atoms with Crippen LogP contribution in [0.3, 0.4) is 0 Å². The second-order valence-corrected chi connectivity index (χ2v) is 8.45. The van der Waals surface area contributed by atoms with Crippen molar-refractivity contribution in [2.75, 3.05) is 13.1 Å². The summed E-state index contributed by atoms with van der Waals surface area (Å²) < 4.78 is 2.02. The van der Waals surface area contributed by atoms with Crippen LogP contribution in [0.2, 0.25) is 0 Å². The van der Waals surface area contributed by atoms with Crippen LogP contribution in [0.4, 0.5) is 0 Å². The average molecular weight is 418 g/mol. The molecule has 1 N–H and O–H groups in total. The normalized spacial score (nSPS) is 13.9. The Hall–Kier alpha value is -2.99. The number of rotatable bonds is 8. The van der Waals surface area contributed by atoms with E-state index in [9.17, 15) is 4.79 Å². The summed E-state index contributed by atoms with van der Waals surface area (Å²) >= 11 is 0. The molecular formula is C25H31N5O. The number of hydrogen-bond donors (Lipinski definition) is 1. The van der Waals surface area contributed by atoms with Gasteiger partial charge in [-0.25, -0.2) is 0 Å². The van der Waals surface area contributed by atoms with E-state index in [1.165, 1.54) is 11.3 Å². The fourth-order valence-electron chi connectivity index (χ4n) is 4.15. The molecular weight excluding hydrogens is 386 g/mol. The number of aryl methyl sites for hydroxylation is 1. The van der Waals surface area contributed by atoms with Crippen LogP contribution in [0.25, 0.3) is 0 Å². The van der Waals surface area contributed by atoms with Crippen LogP contribution in [0, 0.1) is 0 Å². The van der Waals surface area contributed by atoms with Gasteiger partial charge in [-0.3, -0.25) is 19.4 Å². The molecule has 1 aromatic carbocycles. The minimum atomic E-state index is -0.0663. The van der Waals surface area contributed by atoms with Crippen LogP contribution in [-0.2, 0) is 25.9 Å². The van der Waals surface area contributed by atoms with E-state index >= 15 is 0 Å². The highest BCUT2D eigenvalue weighted by atomic mass is 16.1. The quantitative estimate of drug-likeness (QED) is 0.570. The van der Waals surface area contributed by atoms with Gasteiger partial charge >= 0.3 is 0 Å². The first-order valence-electron chi connectivity index (χ1n) is 11.2. The molecule has 0 saturated carbocycles. The van der Waals surface area contributed by atoms with Crippen LogP contribution in [-0.4, -0.2) is 44.7 Å². The van der Waals surface area contributed by atoms with Gasteiger partial charge in [0.15, 0.2) is 5.69 Å². The molecule has 6 nitrogen and oxygen atoms in total. The van der Waals surface area contributed by atoms with Crippen LogP contribution < -0.4 is 5.32 Å². The highest BCUT2D eigenvalue weighted by Crippen LogP contribution is 2.25. The summed E-state index contributed by atoms with van der Waals surface area (Å²) in [5.74, 6) is -0.0663. The summed E-state index contributed by atoms with van der Waals surface area (Å²) in [4.78, 5) is 19.6. The fraction of sp³-hybridized carbons (Fsp3) is 0.400. The Balaban J connectivity index is 1.48. The van der Waals surface area contributed by atoms with E-state index in [1.807, 2.05) is 22.9 Å². The summed E-state index contributed by atoms with van der Waals surface area (Å²) in [7, 11) is 0. The predicted octanol–water partition coefficient (Wildman–Crippen LogP) is 3.46. The van der Waals surface area contributed by atoms with Gasteiger partial charge in [0.2, 0.25) is 0 Å². The Kier molecular flexibility index (Phi) is 6.77. The summed E-state index contributed by atoms with van der Waals surface area (Å²) in [5.41, 5.74) is 5.27. The zero-order chi connectivity index (χ0) is 21.6. The molecule has 0 unspecified atom stereocenters. The van der Waals surface area contributed by atoms with Crippen LogP contribution in [0.1, 0.15) is 53.1 Å². The molecule has 31 heavy (non-hydrogen) atoms. The first-order chi connectivity index (χ1) is 15.1. The van der Waals surface area contributed by atoms with Gasteiger partial charge in [-0.15, -0.1) is 0 Å². The minimum absolute atomic E-state index is 0.0663. The van der Waals surface area contributed by atoms with Crippen molar-refractivity contribution < 1.29 is 4.79 Å². The zero-order valence-corrected chi connectivity index (χ0v) is 18.4. The number of hydrogen-bond acceptors (Lipinski definition) is 4. The largest absolute Gasteiger partial charge is 0.351 e. The first kappa shape index (κ1) is 21.2. The van der Waals surface area contributed by atoms with E-state index in [-0.39, 0.29) is 5.91 Å². The number of pyridine rings is 1. The van der Waals surface area contributed by atoms with Crippen molar-refractivity contribution in [3.8, 4) is 0 Å². The molecule has 3 aromatic rings. The van der Waals surface area contributed by atoms with Crippen molar-refractivity contribution in [3.63, 3.8) is 0 Å². The Morgan fingerprint density at radius 3 is 2.61 bits per heavy atom. The second-order valence-electron chi connectivity index (χ2n) is 8.45. The van der Waals surface area contributed by atoms with Gasteiger partial charge in [-0.05, 0) is 49.9 Å². The number of carbonyl (C=O) groups excluding carboxylic acids is 1. The van der Waals surface area contributed by atoms with Crippen molar-refractivity contribution in [1.82, 2.24) is 25.0 Å². The van der Waals surface area contributed by atoms with E-state index < -0.39 is 0 Å². The molecule has 6 heteroatoms. The van der Waals surface area contributed by atoms with Gasteiger partial charge in [0.1, 0.15) is 0 Å². The van der Waals surface area contributed by atoms with Crippen molar-refractivity contribution >= 4 is 5.91 Å². The lowest BCUT2D eigenvalue weighted by Gasteiger charge is -2.30. The number of aromatic nitrogens is 3. The molecule has 0 bridgehead atoms. The van der Waals surface area contributed by atoms with Crippen LogP contribution in [0.15, 0.2) is 54.9 Å². The standard InChI is InChI=1S/C25H31N5O/c1-19(2)29-16-12-23-22(18-29)24(28-30(23)17-21-10-14-26-15-11-21)25(31)27-13-6-9-20-7-4-3-5-8-20/h3-5,7-8,10-11,14-15,19H,6,9,12-13,16-18H2,1-2H3,(H,27,31). The first-order valence-corrected chi connectivity index (χ1v) is 11.2. The highest BCUT2D eigenvalue weighted by Gasteiger charge is 2.28. The molecule has 162 valence electrons. The maximum absolute atomic E-state index is 13.1. The van der Waals surface area contributed by atoms with Crippen molar-refractivity contribution in [2.45, 2.75) is 52.2 Å². The third kappa shape index (κ3) is 5.20. The van der Waals surface area contributed by atoms with E-state index in [2.05, 4.69) is 53.3 Å². The number of nitrogens with zero attached hydrogens (tertiary/aromatic N) is 4. The highest BCUT2D eigenvalue weighted by molar-refractivity contribution is 5.94. The topological polar surface area (TPSA) is 63.1 Å². The molecule has 0 aliphatic carbocycles. The number of benzene rings is 1. The predicted molar refractivity (Wildman–Crippen MR) is 122 cm³/mol. The summed E-state index contributed by atoms with van der Waals surface area (Å²) in [6.45, 7) is 7.48. The Bertz CT molecular complexity index is 998. The third-order valence-corrected chi connectivity index (χ3v) is 5.96. The average Bonchev–Trinajstić information content (AvgIpc) is 3.15. The lowest BCUT2D eigenvalue weighted by Crippen LogP contribution is -2.37. The third-order valence-electron chi connectivity index (χ3n) is 5.96. The monoisotopic (exact) mass is 417 g/mol. The lowest BCUT2D eigenvalue weighted by atomic mass is 10.0. The number of amides is 1. The number of carbonyl (C=O) groups is 1. The van der Waals surface area contributed by atoms with Gasteiger partial charge in [0.05, 0.1) is 6.54 Å². The van der Waals surface area contributed by atoms with E-state index in [1.54, 1.807) is 12.4 Å². The smallest absolute Gasteiger partial charge is 0.272 e. The maximum atomic E-state index is 13.1. The van der Waals surface area contributed by atoms with E-state index in [0.29, 0.717) is 24.8 Å². The van der Waals surface area contributed by atoms with E-state index in [4.69, 9.17) is 5.10 Å². The lowest BCUT2D eigenvalue weighted by molar-refractivity contribution is 0.0944. The molecule has 2 aromatic heterocycles. The second kappa shape index (κ2) is 9.88. The van der Waals surface area contributed by atoms with Gasteiger partial charge in [-0.2, -0.15) is 5.10 Å². The van der Waals surface area contributed by atoms with Gasteiger partial charge < -0.3 is 5.32 Å². The molecule has 0 radical (unpaired) electrons. The van der Waals surface area contributed by atoms with Crippen molar-refractivity contribution in [1.29, 1.82) is 0 Å². The van der Waals surface area contributed by atoms with Gasteiger partial charge in [-0.1, -0.05) is 30.3 Å². The Morgan fingerprint density at radius 2 is 1.87 bits per heavy atom. The molecule has 1 amide bonds. The minimum Gasteiger partial charge on any atom is -0.351 e. The molecule has 0 fully saturated rings. The molecule has 0 atom stereocenters. The molecule has 4 rings (SSSR count).